The number of nitrogens with zero attached hydrogens (tertiary/aromatic N) is 1. The Kier molecular flexibility index (Phi) is 8.79. The third kappa shape index (κ3) is 5.65. The van der Waals surface area contributed by atoms with E-state index in [9.17, 15) is 18.3 Å². The largest absolute Gasteiger partial charge is 0.457 e. The van der Waals surface area contributed by atoms with Crippen molar-refractivity contribution in [2.75, 3.05) is 0 Å². The molecule has 0 atom stereocenters. The van der Waals surface area contributed by atoms with Gasteiger partial charge in [-0.15, -0.1) is 0 Å². The van der Waals surface area contributed by atoms with Crippen LogP contribution in [0.2, 0.25) is 0 Å². The highest BCUT2D eigenvalue weighted by Crippen LogP contribution is 2.39. The summed E-state index contributed by atoms with van der Waals surface area (Å²) in [4.78, 5) is 3.98. The minimum absolute atomic E-state index is 0.164. The van der Waals surface area contributed by atoms with Gasteiger partial charge in [-0.05, 0) is 48.4 Å². The summed E-state index contributed by atoms with van der Waals surface area (Å²) >= 11 is 0. The summed E-state index contributed by atoms with van der Waals surface area (Å²) < 4.78 is 46.2. The highest BCUT2D eigenvalue weighted by atomic mass is 19.4. The first-order valence-electron chi connectivity index (χ1n) is 10.2. The molecule has 3 aromatic rings. The number of allylic oxidation sites excluding steroid dienone is 4. The molecule has 0 amide bonds. The van der Waals surface area contributed by atoms with Crippen molar-refractivity contribution < 1.29 is 23.0 Å². The van der Waals surface area contributed by atoms with E-state index < -0.39 is 11.7 Å². The smallest absolute Gasteiger partial charge is 0.418 e. The van der Waals surface area contributed by atoms with Crippen LogP contribution in [-0.4, -0.2) is 10.1 Å². The van der Waals surface area contributed by atoms with Gasteiger partial charge in [-0.25, -0.2) is 0 Å². The first kappa shape index (κ1) is 24.9. The lowest BCUT2D eigenvalue weighted by molar-refractivity contribution is -0.136. The number of hydrogen-bond donors (Lipinski definition) is 1. The lowest BCUT2D eigenvalue weighted by Gasteiger charge is -2.16. The summed E-state index contributed by atoms with van der Waals surface area (Å²) in [7, 11) is 0. The molecule has 0 spiro atoms. The van der Waals surface area contributed by atoms with E-state index in [-0.39, 0.29) is 12.1 Å². The van der Waals surface area contributed by atoms with Crippen molar-refractivity contribution in [1.82, 2.24) is 4.98 Å². The van der Waals surface area contributed by atoms with Gasteiger partial charge in [0.2, 0.25) is 0 Å². The third-order valence-electron chi connectivity index (χ3n) is 4.46. The molecule has 0 fully saturated rings. The molecule has 0 radical (unpaired) electrons. The highest BCUT2D eigenvalue weighted by molar-refractivity contribution is 5.97. The Balaban J connectivity index is 0.00000176. The van der Waals surface area contributed by atoms with Crippen molar-refractivity contribution >= 4 is 10.9 Å². The molecule has 0 saturated carbocycles. The standard InChI is InChI=1S/C24H20F3NO2.C2H6/c1-3-5-9-18(4-2)30-19-10-6-8-16(13-19)22-17(15-29)14-28-23-20(22)11-7-12-21(23)24(25,26)27;1-2/h3-14,29H,2,15H2,1H3;1-2H3/b5-3-,18-9+;. The van der Waals surface area contributed by atoms with Gasteiger partial charge in [0.25, 0.3) is 0 Å². The zero-order valence-electron chi connectivity index (χ0n) is 18.3. The number of halogens is 3. The van der Waals surface area contributed by atoms with Gasteiger partial charge in [0.1, 0.15) is 11.5 Å². The van der Waals surface area contributed by atoms with E-state index in [1.807, 2.05) is 26.8 Å². The predicted octanol–water partition coefficient (Wildman–Crippen LogP) is 7.46. The number of ether oxygens (including phenoxy) is 1. The van der Waals surface area contributed by atoms with Crippen LogP contribution in [0.5, 0.6) is 5.75 Å². The average molecular weight is 441 g/mol. The van der Waals surface area contributed by atoms with Crippen molar-refractivity contribution in [3.63, 3.8) is 0 Å². The second-order valence-electron chi connectivity index (χ2n) is 6.44. The number of rotatable bonds is 6. The van der Waals surface area contributed by atoms with Crippen molar-refractivity contribution in [3.05, 3.63) is 96.4 Å². The summed E-state index contributed by atoms with van der Waals surface area (Å²) in [5.41, 5.74) is 0.534. The van der Waals surface area contributed by atoms with Crippen molar-refractivity contribution in [1.29, 1.82) is 0 Å². The van der Waals surface area contributed by atoms with Crippen LogP contribution in [0.3, 0.4) is 0 Å². The molecule has 0 aliphatic rings. The SMILES string of the molecule is C=C/C(=C\C=C/C)Oc1cccc(-c2c(CO)cnc3c(C(F)(F)F)cccc23)c1.CC. The van der Waals surface area contributed by atoms with Crippen LogP contribution in [-0.2, 0) is 12.8 Å². The van der Waals surface area contributed by atoms with E-state index >= 15 is 0 Å². The molecule has 0 aliphatic carbocycles. The Labute approximate surface area is 186 Å². The predicted molar refractivity (Wildman–Crippen MR) is 123 cm³/mol. The summed E-state index contributed by atoms with van der Waals surface area (Å²) in [5, 5.41) is 10.1. The van der Waals surface area contributed by atoms with Gasteiger partial charge in [0, 0.05) is 17.1 Å². The van der Waals surface area contributed by atoms with Gasteiger partial charge in [-0.3, -0.25) is 4.98 Å². The number of aromatic nitrogens is 1. The third-order valence-corrected chi connectivity index (χ3v) is 4.46. The molecule has 1 aromatic heterocycles. The molecule has 2 aromatic carbocycles. The van der Waals surface area contributed by atoms with Gasteiger partial charge < -0.3 is 9.84 Å². The molecule has 6 heteroatoms. The quantitative estimate of drug-likeness (QED) is 0.319. The maximum absolute atomic E-state index is 13.5. The van der Waals surface area contributed by atoms with Crippen LogP contribution in [0, 0.1) is 0 Å². The summed E-state index contributed by atoms with van der Waals surface area (Å²) in [6.45, 7) is 9.23. The summed E-state index contributed by atoms with van der Waals surface area (Å²) in [6.07, 6.45) is 3.70. The van der Waals surface area contributed by atoms with E-state index in [0.29, 0.717) is 33.6 Å². The number of fused-ring (bicyclic) bond motifs is 1. The van der Waals surface area contributed by atoms with E-state index in [1.54, 1.807) is 48.6 Å². The van der Waals surface area contributed by atoms with Crippen LogP contribution in [0.1, 0.15) is 31.9 Å². The number of benzene rings is 2. The Hall–Kier alpha value is -3.38. The average Bonchev–Trinajstić information content (AvgIpc) is 2.81. The zero-order valence-corrected chi connectivity index (χ0v) is 18.3. The minimum atomic E-state index is -4.54. The monoisotopic (exact) mass is 441 g/mol. The fraction of sp³-hybridized carbons (Fsp3) is 0.192. The van der Waals surface area contributed by atoms with E-state index in [2.05, 4.69) is 11.6 Å². The van der Waals surface area contributed by atoms with Gasteiger partial charge in [0.05, 0.1) is 17.7 Å². The maximum atomic E-state index is 13.5. The lowest BCUT2D eigenvalue weighted by Crippen LogP contribution is -2.07. The van der Waals surface area contributed by atoms with Crippen molar-refractivity contribution in [2.24, 2.45) is 0 Å². The normalized spacial score (nSPS) is 11.9. The highest BCUT2D eigenvalue weighted by Gasteiger charge is 2.33. The summed E-state index contributed by atoms with van der Waals surface area (Å²) in [5.74, 6) is 1.01. The fourth-order valence-corrected chi connectivity index (χ4v) is 3.14. The van der Waals surface area contributed by atoms with Gasteiger partial charge in [-0.2, -0.15) is 13.2 Å². The first-order valence-corrected chi connectivity index (χ1v) is 10.2. The van der Waals surface area contributed by atoms with Crippen molar-refractivity contribution in [2.45, 2.75) is 33.6 Å². The number of hydrogen-bond acceptors (Lipinski definition) is 3. The second-order valence-corrected chi connectivity index (χ2v) is 6.44. The molecule has 32 heavy (non-hydrogen) atoms. The van der Waals surface area contributed by atoms with Crippen LogP contribution >= 0.6 is 0 Å². The number of aliphatic hydroxyl groups is 1. The van der Waals surface area contributed by atoms with Crippen molar-refractivity contribution in [3.8, 4) is 16.9 Å². The van der Waals surface area contributed by atoms with E-state index in [4.69, 9.17) is 4.74 Å². The molecule has 1 N–H and O–H groups in total. The van der Waals surface area contributed by atoms with Gasteiger partial charge >= 0.3 is 6.18 Å². The van der Waals surface area contributed by atoms with Crippen LogP contribution in [0.4, 0.5) is 13.2 Å². The number of para-hydroxylation sites is 1. The Bertz CT molecular complexity index is 1130. The number of pyridine rings is 1. The second kappa shape index (κ2) is 11.3. The molecular weight excluding hydrogens is 415 g/mol. The molecular formula is C26H26F3NO2. The van der Waals surface area contributed by atoms with E-state index in [0.717, 1.165) is 6.07 Å². The molecule has 168 valence electrons. The summed E-state index contributed by atoms with van der Waals surface area (Å²) in [6, 6.07) is 10.8. The topological polar surface area (TPSA) is 42.4 Å². The minimum Gasteiger partial charge on any atom is -0.457 e. The molecule has 3 rings (SSSR count). The number of aliphatic hydroxyl groups excluding tert-OH is 1. The van der Waals surface area contributed by atoms with E-state index in [1.165, 1.54) is 12.3 Å². The Morgan fingerprint density at radius 2 is 1.88 bits per heavy atom. The Morgan fingerprint density at radius 1 is 1.16 bits per heavy atom. The fourth-order valence-electron chi connectivity index (χ4n) is 3.14. The first-order chi connectivity index (χ1) is 15.4. The van der Waals surface area contributed by atoms with Crippen LogP contribution in [0.15, 0.2) is 85.3 Å². The molecule has 0 saturated heterocycles. The zero-order chi connectivity index (χ0) is 23.7. The molecule has 1 heterocycles. The van der Waals surface area contributed by atoms with Gasteiger partial charge in [-0.1, -0.05) is 56.8 Å². The molecule has 0 unspecified atom stereocenters. The van der Waals surface area contributed by atoms with Crippen LogP contribution in [0.25, 0.3) is 22.0 Å². The van der Waals surface area contributed by atoms with Gasteiger partial charge in [0.15, 0.2) is 0 Å². The van der Waals surface area contributed by atoms with Crippen LogP contribution < -0.4 is 4.74 Å². The molecule has 0 bridgehead atoms. The Morgan fingerprint density at radius 3 is 2.50 bits per heavy atom. The maximum Gasteiger partial charge on any atom is 0.418 e. The lowest BCUT2D eigenvalue weighted by atomic mass is 9.95. The molecule has 3 nitrogen and oxygen atoms in total. The molecule has 0 aliphatic heterocycles. The number of alkyl halides is 3.